The molecule has 104 valence electrons. The van der Waals surface area contributed by atoms with Gasteiger partial charge in [-0.25, -0.2) is 0 Å². The highest BCUT2D eigenvalue weighted by Gasteiger charge is 2.10. The molecular formula is C14H11F2NO2S. The Hall–Kier alpha value is -2.08. The van der Waals surface area contributed by atoms with Crippen LogP contribution in [0.4, 0.5) is 14.5 Å². The van der Waals surface area contributed by atoms with Crippen molar-refractivity contribution in [3.8, 4) is 0 Å². The van der Waals surface area contributed by atoms with Gasteiger partial charge in [0, 0.05) is 11.0 Å². The van der Waals surface area contributed by atoms with Gasteiger partial charge in [-0.2, -0.15) is 8.78 Å². The van der Waals surface area contributed by atoms with Gasteiger partial charge in [-0.15, -0.1) is 0 Å². The molecule has 2 rings (SSSR count). The number of alkyl halides is 2. The minimum absolute atomic E-state index is 0.322. The van der Waals surface area contributed by atoms with Crippen molar-refractivity contribution in [1.82, 2.24) is 0 Å². The normalized spacial score (nSPS) is 11.2. The molecule has 1 N–H and O–H groups in total. The first-order valence-corrected chi connectivity index (χ1v) is 6.59. The van der Waals surface area contributed by atoms with Gasteiger partial charge in [-0.3, -0.25) is 4.79 Å². The second-order valence-electron chi connectivity index (χ2n) is 3.71. The number of carbonyl (C=O) groups excluding carboxylic acids is 1. The summed E-state index contributed by atoms with van der Waals surface area (Å²) in [7, 11) is 0. The molecule has 0 spiro atoms. The van der Waals surface area contributed by atoms with Crippen LogP contribution in [-0.4, -0.2) is 11.7 Å². The van der Waals surface area contributed by atoms with E-state index in [-0.39, 0.29) is 0 Å². The summed E-state index contributed by atoms with van der Waals surface area (Å²) in [4.78, 5) is 12.0. The Morgan fingerprint density at radius 2 is 2.05 bits per heavy atom. The lowest BCUT2D eigenvalue weighted by atomic mass is 10.3. The number of benzene rings is 1. The number of anilines is 1. The summed E-state index contributed by atoms with van der Waals surface area (Å²) >= 11 is 0.392. The van der Waals surface area contributed by atoms with Crippen LogP contribution >= 0.6 is 11.8 Å². The van der Waals surface area contributed by atoms with Crippen molar-refractivity contribution >= 4 is 29.4 Å². The Morgan fingerprint density at radius 1 is 1.25 bits per heavy atom. The second kappa shape index (κ2) is 6.91. The van der Waals surface area contributed by atoms with Crippen molar-refractivity contribution in [1.29, 1.82) is 0 Å². The number of carbonyl (C=O) groups is 1. The third-order valence-corrected chi connectivity index (χ3v) is 3.09. The first kappa shape index (κ1) is 14.3. The first-order chi connectivity index (χ1) is 9.65. The van der Waals surface area contributed by atoms with E-state index in [1.165, 1.54) is 24.5 Å². The van der Waals surface area contributed by atoms with Gasteiger partial charge in [0.1, 0.15) is 5.76 Å². The van der Waals surface area contributed by atoms with E-state index in [1.54, 1.807) is 30.3 Å². The fourth-order valence-electron chi connectivity index (χ4n) is 1.49. The van der Waals surface area contributed by atoms with E-state index in [0.29, 0.717) is 28.1 Å². The van der Waals surface area contributed by atoms with Crippen LogP contribution in [0.2, 0.25) is 0 Å². The maximum absolute atomic E-state index is 12.4. The Kier molecular flexibility index (Phi) is 4.95. The molecule has 0 aliphatic rings. The summed E-state index contributed by atoms with van der Waals surface area (Å²) in [6, 6.07) is 9.81. The van der Waals surface area contributed by atoms with Crippen LogP contribution in [0.3, 0.4) is 0 Å². The van der Waals surface area contributed by atoms with E-state index < -0.39 is 11.7 Å². The van der Waals surface area contributed by atoms with Gasteiger partial charge in [-0.05, 0) is 30.3 Å². The standard InChI is InChI=1S/C14H11F2NO2S/c15-14(16)20-12-6-2-1-5-11(12)17-13(18)8-7-10-4-3-9-19-10/h1-9,14H,(H,17,18). The zero-order chi connectivity index (χ0) is 14.4. The molecule has 0 saturated carbocycles. The van der Waals surface area contributed by atoms with Gasteiger partial charge in [0.2, 0.25) is 5.91 Å². The predicted octanol–water partition coefficient (Wildman–Crippen LogP) is 4.25. The predicted molar refractivity (Wildman–Crippen MR) is 74.7 cm³/mol. The van der Waals surface area contributed by atoms with Crippen molar-refractivity contribution in [2.24, 2.45) is 0 Å². The fraction of sp³-hybridized carbons (Fsp3) is 0.0714. The molecule has 0 unspecified atom stereocenters. The maximum Gasteiger partial charge on any atom is 0.288 e. The number of amides is 1. The van der Waals surface area contributed by atoms with E-state index in [1.807, 2.05) is 0 Å². The Labute approximate surface area is 118 Å². The SMILES string of the molecule is O=C(C=Cc1ccco1)Nc1ccccc1SC(F)F. The number of para-hydroxylation sites is 1. The van der Waals surface area contributed by atoms with E-state index in [9.17, 15) is 13.6 Å². The van der Waals surface area contributed by atoms with Crippen molar-refractivity contribution in [3.63, 3.8) is 0 Å². The summed E-state index contributed by atoms with van der Waals surface area (Å²) < 4.78 is 29.8. The lowest BCUT2D eigenvalue weighted by Gasteiger charge is -2.08. The van der Waals surface area contributed by atoms with E-state index in [4.69, 9.17) is 4.42 Å². The van der Waals surface area contributed by atoms with Crippen LogP contribution in [0.1, 0.15) is 5.76 Å². The molecule has 0 atom stereocenters. The number of nitrogens with one attached hydrogen (secondary N) is 1. The van der Waals surface area contributed by atoms with Crippen molar-refractivity contribution < 1.29 is 18.0 Å². The molecule has 6 heteroatoms. The highest BCUT2D eigenvalue weighted by Crippen LogP contribution is 2.31. The molecule has 1 aromatic heterocycles. The highest BCUT2D eigenvalue weighted by molar-refractivity contribution is 7.99. The number of thioether (sulfide) groups is 1. The zero-order valence-electron chi connectivity index (χ0n) is 10.3. The average molecular weight is 295 g/mol. The van der Waals surface area contributed by atoms with Gasteiger partial charge in [0.05, 0.1) is 12.0 Å². The fourth-order valence-corrected chi connectivity index (χ4v) is 2.08. The Morgan fingerprint density at radius 3 is 2.75 bits per heavy atom. The summed E-state index contributed by atoms with van der Waals surface area (Å²) in [6.45, 7) is 0. The van der Waals surface area contributed by atoms with Gasteiger partial charge < -0.3 is 9.73 Å². The van der Waals surface area contributed by atoms with Gasteiger partial charge in [-0.1, -0.05) is 23.9 Å². The molecule has 0 radical (unpaired) electrons. The van der Waals surface area contributed by atoms with Crippen molar-refractivity contribution in [3.05, 3.63) is 54.5 Å². The van der Waals surface area contributed by atoms with E-state index in [0.717, 1.165) is 0 Å². The van der Waals surface area contributed by atoms with Crippen LogP contribution in [0.25, 0.3) is 6.08 Å². The average Bonchev–Trinajstić information content (AvgIpc) is 2.91. The van der Waals surface area contributed by atoms with Crippen LogP contribution in [0.5, 0.6) is 0 Å². The highest BCUT2D eigenvalue weighted by atomic mass is 32.2. The molecule has 1 aromatic carbocycles. The Balaban J connectivity index is 2.04. The van der Waals surface area contributed by atoms with Crippen molar-refractivity contribution in [2.45, 2.75) is 10.7 Å². The molecule has 0 bridgehead atoms. The molecular weight excluding hydrogens is 284 g/mol. The zero-order valence-corrected chi connectivity index (χ0v) is 11.1. The summed E-state index contributed by atoms with van der Waals surface area (Å²) in [5, 5.41) is 2.56. The molecule has 1 heterocycles. The largest absolute Gasteiger partial charge is 0.465 e. The lowest BCUT2D eigenvalue weighted by Crippen LogP contribution is -2.08. The molecule has 0 fully saturated rings. The number of halogens is 2. The van der Waals surface area contributed by atoms with Crippen LogP contribution in [0.15, 0.2) is 58.1 Å². The smallest absolute Gasteiger partial charge is 0.288 e. The first-order valence-electron chi connectivity index (χ1n) is 5.71. The molecule has 20 heavy (non-hydrogen) atoms. The van der Waals surface area contributed by atoms with Crippen LogP contribution in [0, 0.1) is 0 Å². The Bertz CT molecular complexity index is 597. The molecule has 2 aromatic rings. The second-order valence-corrected chi connectivity index (χ2v) is 4.74. The van der Waals surface area contributed by atoms with E-state index in [2.05, 4.69) is 5.32 Å². The molecule has 0 saturated heterocycles. The minimum Gasteiger partial charge on any atom is -0.465 e. The summed E-state index contributed by atoms with van der Waals surface area (Å²) in [6.07, 6.45) is 4.27. The third kappa shape index (κ3) is 4.24. The maximum atomic E-state index is 12.4. The lowest BCUT2D eigenvalue weighted by molar-refractivity contribution is -0.111. The van der Waals surface area contributed by atoms with Gasteiger partial charge >= 0.3 is 0 Å². The van der Waals surface area contributed by atoms with Crippen LogP contribution < -0.4 is 5.32 Å². The number of furan rings is 1. The van der Waals surface area contributed by atoms with Gasteiger partial charge in [0.25, 0.3) is 5.76 Å². The quantitative estimate of drug-likeness (QED) is 0.662. The van der Waals surface area contributed by atoms with Gasteiger partial charge in [0.15, 0.2) is 0 Å². The third-order valence-electron chi connectivity index (χ3n) is 2.30. The number of rotatable bonds is 5. The number of hydrogen-bond donors (Lipinski definition) is 1. The summed E-state index contributed by atoms with van der Waals surface area (Å²) in [5.41, 5.74) is 0.354. The summed E-state index contributed by atoms with van der Waals surface area (Å²) in [5.74, 6) is -2.41. The van der Waals surface area contributed by atoms with Crippen molar-refractivity contribution in [2.75, 3.05) is 5.32 Å². The monoisotopic (exact) mass is 295 g/mol. The van der Waals surface area contributed by atoms with Crippen LogP contribution in [-0.2, 0) is 4.79 Å². The topological polar surface area (TPSA) is 42.2 Å². The molecule has 0 aliphatic carbocycles. The molecule has 0 aliphatic heterocycles. The molecule has 3 nitrogen and oxygen atoms in total. The van der Waals surface area contributed by atoms with E-state index >= 15 is 0 Å². The minimum atomic E-state index is -2.54. The molecule has 1 amide bonds. The number of hydrogen-bond acceptors (Lipinski definition) is 3.